The molecule has 0 fully saturated rings. The molecule has 0 rings (SSSR count). The Hall–Kier alpha value is -0.0400. The predicted octanol–water partition coefficient (Wildman–Crippen LogP) is 8.44. The zero-order valence-corrected chi connectivity index (χ0v) is 18.1. The largest absolute Gasteiger partial charge is 0.396 e. The summed E-state index contributed by atoms with van der Waals surface area (Å²) in [7, 11) is 0. The minimum atomic E-state index is 0.363. The maximum absolute atomic E-state index is 8.81. The molecule has 152 valence electrons. The van der Waals surface area contributed by atoms with E-state index in [2.05, 4.69) is 20.8 Å². The van der Waals surface area contributed by atoms with Crippen molar-refractivity contribution >= 4 is 0 Å². The van der Waals surface area contributed by atoms with Gasteiger partial charge in [-0.05, 0) is 24.7 Å². The summed E-state index contributed by atoms with van der Waals surface area (Å²) in [4.78, 5) is 0. The van der Waals surface area contributed by atoms with Crippen LogP contribution in [0.15, 0.2) is 0 Å². The number of rotatable bonds is 20. The first-order chi connectivity index (χ1) is 12.1. The molecule has 0 unspecified atom stereocenters. The molecule has 0 heterocycles. The lowest BCUT2D eigenvalue weighted by Crippen LogP contribution is -2.11. The zero-order valence-electron chi connectivity index (χ0n) is 18.1. The van der Waals surface area contributed by atoms with Crippen LogP contribution in [0.5, 0.6) is 0 Å². The molecule has 0 aromatic rings. The van der Waals surface area contributed by atoms with Gasteiger partial charge >= 0.3 is 0 Å². The van der Waals surface area contributed by atoms with E-state index in [0.717, 1.165) is 6.42 Å². The van der Waals surface area contributed by atoms with Gasteiger partial charge in [0.05, 0.1) is 0 Å². The summed E-state index contributed by atoms with van der Waals surface area (Å²) in [6.45, 7) is 7.55. The van der Waals surface area contributed by atoms with E-state index in [1.807, 2.05) is 0 Å². The molecule has 0 aromatic carbocycles. The molecule has 0 atom stereocenters. The summed E-state index contributed by atoms with van der Waals surface area (Å²) in [6, 6.07) is 0. The molecule has 0 bridgehead atoms. The summed E-state index contributed by atoms with van der Waals surface area (Å²) in [6.07, 6.45) is 26.4. The van der Waals surface area contributed by atoms with Gasteiger partial charge in [-0.25, -0.2) is 0 Å². The van der Waals surface area contributed by atoms with Gasteiger partial charge in [0.1, 0.15) is 0 Å². The second-order valence-electron chi connectivity index (χ2n) is 9.04. The molecule has 0 aliphatic heterocycles. The van der Waals surface area contributed by atoms with Gasteiger partial charge in [-0.2, -0.15) is 0 Å². The second kappa shape index (κ2) is 18.7. The number of aliphatic hydroxyl groups excluding tert-OH is 1. The van der Waals surface area contributed by atoms with Crippen LogP contribution in [-0.4, -0.2) is 11.7 Å². The van der Waals surface area contributed by atoms with E-state index in [1.165, 1.54) is 116 Å². The SMILES string of the molecule is CCCCCCCCCCCCCCCC(C)(C)CCCCCCO. The van der Waals surface area contributed by atoms with Crippen LogP contribution in [0, 0.1) is 5.41 Å². The number of unbranched alkanes of at least 4 members (excludes halogenated alkanes) is 15. The van der Waals surface area contributed by atoms with Crippen LogP contribution in [0.2, 0.25) is 0 Å². The highest BCUT2D eigenvalue weighted by molar-refractivity contribution is 4.68. The molecule has 1 heteroatoms. The summed E-state index contributed by atoms with van der Waals surface area (Å²) < 4.78 is 0. The normalized spacial score (nSPS) is 12.0. The van der Waals surface area contributed by atoms with Crippen LogP contribution in [-0.2, 0) is 0 Å². The fourth-order valence-electron chi connectivity index (χ4n) is 3.82. The molecule has 0 aliphatic rings. The first-order valence-corrected chi connectivity index (χ1v) is 11.7. The van der Waals surface area contributed by atoms with E-state index in [1.54, 1.807) is 0 Å². The molecule has 25 heavy (non-hydrogen) atoms. The van der Waals surface area contributed by atoms with Gasteiger partial charge in [-0.3, -0.25) is 0 Å². The highest BCUT2D eigenvalue weighted by Crippen LogP contribution is 2.30. The molecule has 0 radical (unpaired) electrons. The highest BCUT2D eigenvalue weighted by atomic mass is 16.2. The van der Waals surface area contributed by atoms with Crippen LogP contribution in [0.25, 0.3) is 0 Å². The van der Waals surface area contributed by atoms with Crippen LogP contribution >= 0.6 is 0 Å². The smallest absolute Gasteiger partial charge is 0.0431 e. The molecular weight excluding hydrogens is 304 g/mol. The Bertz CT molecular complexity index is 246. The van der Waals surface area contributed by atoms with E-state index in [4.69, 9.17) is 5.11 Å². The van der Waals surface area contributed by atoms with Crippen LogP contribution < -0.4 is 0 Å². The Kier molecular flexibility index (Phi) is 18.7. The van der Waals surface area contributed by atoms with Gasteiger partial charge < -0.3 is 5.11 Å². The maximum atomic E-state index is 8.81. The molecule has 0 saturated carbocycles. The second-order valence-corrected chi connectivity index (χ2v) is 9.04. The molecule has 1 nitrogen and oxygen atoms in total. The Morgan fingerprint density at radius 1 is 0.480 bits per heavy atom. The Morgan fingerprint density at radius 3 is 1.16 bits per heavy atom. The van der Waals surface area contributed by atoms with Crippen molar-refractivity contribution in [1.29, 1.82) is 0 Å². The summed E-state index contributed by atoms with van der Waals surface area (Å²) in [5.41, 5.74) is 0.525. The third kappa shape index (κ3) is 20.1. The van der Waals surface area contributed by atoms with E-state index < -0.39 is 0 Å². The van der Waals surface area contributed by atoms with Gasteiger partial charge in [0, 0.05) is 6.61 Å². The maximum Gasteiger partial charge on any atom is 0.0431 e. The minimum absolute atomic E-state index is 0.363. The average Bonchev–Trinajstić information content (AvgIpc) is 2.58. The summed E-state index contributed by atoms with van der Waals surface area (Å²) in [5.74, 6) is 0. The fraction of sp³-hybridized carbons (Fsp3) is 1.00. The van der Waals surface area contributed by atoms with Gasteiger partial charge in [0.25, 0.3) is 0 Å². The fourth-order valence-corrected chi connectivity index (χ4v) is 3.82. The first-order valence-electron chi connectivity index (χ1n) is 11.7. The molecule has 0 aromatic heterocycles. The first kappa shape index (κ1) is 25.0. The topological polar surface area (TPSA) is 20.2 Å². The zero-order chi connectivity index (χ0) is 18.6. The van der Waals surface area contributed by atoms with Crippen molar-refractivity contribution in [3.8, 4) is 0 Å². The van der Waals surface area contributed by atoms with Crippen molar-refractivity contribution in [3.63, 3.8) is 0 Å². The van der Waals surface area contributed by atoms with E-state index in [-0.39, 0.29) is 0 Å². The van der Waals surface area contributed by atoms with Crippen molar-refractivity contribution in [2.24, 2.45) is 5.41 Å². The predicted molar refractivity (Wildman–Crippen MR) is 114 cm³/mol. The van der Waals surface area contributed by atoms with Crippen molar-refractivity contribution < 1.29 is 5.11 Å². The average molecular weight is 355 g/mol. The molecule has 0 saturated heterocycles. The number of hydrogen-bond acceptors (Lipinski definition) is 1. The van der Waals surface area contributed by atoms with Crippen molar-refractivity contribution in [3.05, 3.63) is 0 Å². The van der Waals surface area contributed by atoms with Crippen LogP contribution in [0.1, 0.15) is 143 Å². The number of aliphatic hydroxyl groups is 1. The molecule has 1 N–H and O–H groups in total. The van der Waals surface area contributed by atoms with E-state index >= 15 is 0 Å². The van der Waals surface area contributed by atoms with Crippen LogP contribution in [0.4, 0.5) is 0 Å². The Labute approximate surface area is 160 Å². The summed E-state index contributed by atoms with van der Waals surface area (Å²) >= 11 is 0. The molecule has 0 aliphatic carbocycles. The van der Waals surface area contributed by atoms with Crippen molar-refractivity contribution in [2.45, 2.75) is 143 Å². The van der Waals surface area contributed by atoms with Gasteiger partial charge in [0.2, 0.25) is 0 Å². The molecular formula is C24H50O. The minimum Gasteiger partial charge on any atom is -0.396 e. The number of hydrogen-bond donors (Lipinski definition) is 1. The Balaban J connectivity index is 3.25. The van der Waals surface area contributed by atoms with Crippen molar-refractivity contribution in [1.82, 2.24) is 0 Å². The third-order valence-corrected chi connectivity index (χ3v) is 5.72. The monoisotopic (exact) mass is 354 g/mol. The quantitative estimate of drug-likeness (QED) is 0.217. The highest BCUT2D eigenvalue weighted by Gasteiger charge is 2.16. The van der Waals surface area contributed by atoms with Crippen LogP contribution in [0.3, 0.4) is 0 Å². The lowest BCUT2D eigenvalue weighted by atomic mass is 9.82. The standard InChI is InChI=1S/C24H50O/c1-4-5-6-7-8-9-10-11-12-13-14-15-18-21-24(2,3)22-19-16-17-20-23-25/h25H,4-23H2,1-3H3. The lowest BCUT2D eigenvalue weighted by Gasteiger charge is -2.24. The van der Waals surface area contributed by atoms with Crippen molar-refractivity contribution in [2.75, 3.05) is 6.61 Å². The van der Waals surface area contributed by atoms with Gasteiger partial charge in [0.15, 0.2) is 0 Å². The van der Waals surface area contributed by atoms with Gasteiger partial charge in [-0.1, -0.05) is 124 Å². The van der Waals surface area contributed by atoms with E-state index in [9.17, 15) is 0 Å². The molecule has 0 amide bonds. The lowest BCUT2D eigenvalue weighted by molar-refractivity contribution is 0.268. The summed E-state index contributed by atoms with van der Waals surface area (Å²) in [5, 5.41) is 8.81. The third-order valence-electron chi connectivity index (χ3n) is 5.72. The van der Waals surface area contributed by atoms with E-state index in [0.29, 0.717) is 12.0 Å². The Morgan fingerprint density at radius 2 is 0.800 bits per heavy atom. The molecule has 0 spiro atoms. The van der Waals surface area contributed by atoms with Gasteiger partial charge in [-0.15, -0.1) is 0 Å².